The summed E-state index contributed by atoms with van der Waals surface area (Å²) in [6.07, 6.45) is 8.62. The highest BCUT2D eigenvalue weighted by molar-refractivity contribution is 6.11. The minimum atomic E-state index is -1.43. The molecule has 8 nitrogen and oxygen atoms in total. The molecule has 0 fully saturated rings. The van der Waals surface area contributed by atoms with Crippen LogP contribution < -0.4 is 15.2 Å². The molecule has 3 N–H and O–H groups in total. The highest BCUT2D eigenvalue weighted by Gasteiger charge is 2.41. The summed E-state index contributed by atoms with van der Waals surface area (Å²) in [5, 5.41) is 13.7. The largest absolute Gasteiger partial charge is 0.483 e. The minimum absolute atomic E-state index is 0.00428. The van der Waals surface area contributed by atoms with Gasteiger partial charge in [0.15, 0.2) is 17.3 Å². The van der Waals surface area contributed by atoms with Gasteiger partial charge in [0.05, 0.1) is 5.56 Å². The van der Waals surface area contributed by atoms with Crippen LogP contribution in [0.2, 0.25) is 0 Å². The van der Waals surface area contributed by atoms with Crippen molar-refractivity contribution in [3.63, 3.8) is 0 Å². The Hall–Kier alpha value is -3.26. The van der Waals surface area contributed by atoms with Crippen LogP contribution in [0.4, 0.5) is 0 Å². The molecule has 2 aromatic carbocycles. The second-order valence-corrected chi connectivity index (χ2v) is 8.19. The molecule has 1 atom stereocenters. The van der Waals surface area contributed by atoms with Gasteiger partial charge in [0.1, 0.15) is 6.61 Å². The fourth-order valence-corrected chi connectivity index (χ4v) is 3.85. The van der Waals surface area contributed by atoms with Gasteiger partial charge >= 0.3 is 0 Å². The number of aromatic nitrogens is 4. The zero-order chi connectivity index (χ0) is 22.4. The maximum absolute atomic E-state index is 13.3. The third-order valence-corrected chi connectivity index (χ3v) is 5.71. The number of nitrogens with zero attached hydrogens (tertiary/aromatic N) is 3. The third-order valence-electron chi connectivity index (χ3n) is 5.71. The molecule has 0 saturated carbocycles. The van der Waals surface area contributed by atoms with Crippen LogP contribution in [0.25, 0.3) is 0 Å². The van der Waals surface area contributed by atoms with Gasteiger partial charge in [0.25, 0.3) is 5.72 Å². The summed E-state index contributed by atoms with van der Waals surface area (Å²) in [4.78, 5) is 13.3. The molecule has 1 aliphatic heterocycles. The number of rotatable bonds is 10. The number of aromatic amines is 1. The fourth-order valence-electron chi connectivity index (χ4n) is 3.85. The number of hydrogen-bond donors (Lipinski definition) is 2. The van der Waals surface area contributed by atoms with Crippen LogP contribution >= 0.6 is 0 Å². The van der Waals surface area contributed by atoms with Gasteiger partial charge in [0.2, 0.25) is 5.82 Å². The van der Waals surface area contributed by atoms with Crippen molar-refractivity contribution in [2.45, 2.75) is 57.6 Å². The van der Waals surface area contributed by atoms with Crippen LogP contribution in [-0.2, 0) is 12.1 Å². The first-order valence-electron chi connectivity index (χ1n) is 11.2. The number of nitrogens with one attached hydrogen (secondary N) is 1. The maximum atomic E-state index is 13.3. The van der Waals surface area contributed by atoms with Crippen molar-refractivity contribution >= 4 is 5.78 Å². The molecule has 0 bridgehead atoms. The highest BCUT2D eigenvalue weighted by atomic mass is 16.6. The van der Waals surface area contributed by atoms with Gasteiger partial charge in [-0.25, -0.2) is 0 Å². The standard InChI is InChI=1S/C24H29N5O3/c1-2-3-4-5-6-7-9-17-12-14-18(15-13-17)21(30)19-10-8-11-20-22(19)32-24(25,16-31-20)23-26-28-29-27-23/h8,10-15H,2-7,9,16,25H2,1H3,(H,26,27,28,29). The van der Waals surface area contributed by atoms with Crippen molar-refractivity contribution in [3.05, 3.63) is 65.0 Å². The average Bonchev–Trinajstić information content (AvgIpc) is 3.37. The topological polar surface area (TPSA) is 116 Å². The first-order chi connectivity index (χ1) is 15.6. The monoisotopic (exact) mass is 435 g/mol. The number of carbonyl (C=O) groups excluding carboxylic acids is 1. The van der Waals surface area contributed by atoms with Gasteiger partial charge in [0, 0.05) is 5.56 Å². The molecule has 1 unspecified atom stereocenters. The van der Waals surface area contributed by atoms with E-state index in [0.717, 1.165) is 6.42 Å². The summed E-state index contributed by atoms with van der Waals surface area (Å²) in [6, 6.07) is 13.0. The van der Waals surface area contributed by atoms with Crippen LogP contribution in [-0.4, -0.2) is 33.0 Å². The molecule has 3 aromatic rings. The number of unbranched alkanes of at least 4 members (excludes halogenated alkanes) is 5. The maximum Gasteiger partial charge on any atom is 0.257 e. The molecule has 0 aliphatic carbocycles. The van der Waals surface area contributed by atoms with Gasteiger partial charge < -0.3 is 9.47 Å². The molecule has 0 amide bonds. The third kappa shape index (κ3) is 4.80. The highest BCUT2D eigenvalue weighted by Crippen LogP contribution is 2.40. The molecule has 8 heteroatoms. The Bertz CT molecular complexity index is 1040. The Balaban J connectivity index is 1.45. The van der Waals surface area contributed by atoms with Gasteiger partial charge in [-0.15, -0.1) is 10.2 Å². The number of H-pyrrole nitrogens is 1. The van der Waals surface area contributed by atoms with Gasteiger partial charge in [-0.2, -0.15) is 5.21 Å². The predicted octanol–water partition coefficient (Wildman–Crippen LogP) is 3.92. The van der Waals surface area contributed by atoms with E-state index in [2.05, 4.69) is 27.5 Å². The van der Waals surface area contributed by atoms with Crippen LogP contribution in [0.1, 0.15) is 72.8 Å². The van der Waals surface area contributed by atoms with Crippen LogP contribution in [0.15, 0.2) is 42.5 Å². The van der Waals surface area contributed by atoms with E-state index in [9.17, 15) is 4.79 Å². The van der Waals surface area contributed by atoms with Crippen molar-refractivity contribution in [2.75, 3.05) is 6.61 Å². The minimum Gasteiger partial charge on any atom is -0.483 e. The number of carbonyl (C=O) groups is 1. The Labute approximate surface area is 187 Å². The molecular weight excluding hydrogens is 406 g/mol. The van der Waals surface area contributed by atoms with Crippen molar-refractivity contribution < 1.29 is 14.3 Å². The van der Waals surface area contributed by atoms with Crippen LogP contribution in [0.3, 0.4) is 0 Å². The molecule has 32 heavy (non-hydrogen) atoms. The number of aryl methyl sites for hydroxylation is 1. The van der Waals surface area contributed by atoms with E-state index in [1.54, 1.807) is 18.2 Å². The number of ether oxygens (including phenoxy) is 2. The lowest BCUT2D eigenvalue weighted by Crippen LogP contribution is -2.51. The van der Waals surface area contributed by atoms with Crippen LogP contribution in [0, 0.1) is 0 Å². The molecule has 0 saturated heterocycles. The van der Waals surface area contributed by atoms with Gasteiger partial charge in [-0.3, -0.25) is 10.5 Å². The second-order valence-electron chi connectivity index (χ2n) is 8.19. The molecule has 4 rings (SSSR count). The molecule has 1 aromatic heterocycles. The molecule has 0 radical (unpaired) electrons. The molecular formula is C24H29N5O3. The number of hydrogen-bond acceptors (Lipinski definition) is 7. The molecule has 2 heterocycles. The van der Waals surface area contributed by atoms with Crippen molar-refractivity contribution in [1.82, 2.24) is 20.6 Å². The van der Waals surface area contributed by atoms with E-state index in [1.807, 2.05) is 24.3 Å². The number of nitrogens with two attached hydrogens (primary N) is 1. The normalized spacial score (nSPS) is 17.3. The molecule has 0 spiro atoms. The zero-order valence-electron chi connectivity index (χ0n) is 18.3. The van der Waals surface area contributed by atoms with Crippen LogP contribution in [0.5, 0.6) is 11.5 Å². The van der Waals surface area contributed by atoms with E-state index in [1.165, 1.54) is 44.1 Å². The fraction of sp³-hybridized carbons (Fsp3) is 0.417. The summed E-state index contributed by atoms with van der Waals surface area (Å²) >= 11 is 0. The van der Waals surface area contributed by atoms with Crippen molar-refractivity contribution in [2.24, 2.45) is 5.73 Å². The predicted molar refractivity (Wildman–Crippen MR) is 120 cm³/mol. The Morgan fingerprint density at radius 2 is 1.88 bits per heavy atom. The lowest BCUT2D eigenvalue weighted by Gasteiger charge is -2.33. The van der Waals surface area contributed by atoms with Gasteiger partial charge in [-0.1, -0.05) is 69.4 Å². The average molecular weight is 436 g/mol. The SMILES string of the molecule is CCCCCCCCc1ccc(C(=O)c2cccc3c2OC(N)(c2nn[nH]n2)CO3)cc1. The molecule has 168 valence electrons. The van der Waals surface area contributed by atoms with Crippen molar-refractivity contribution in [3.8, 4) is 11.5 Å². The Morgan fingerprint density at radius 3 is 2.62 bits per heavy atom. The summed E-state index contributed by atoms with van der Waals surface area (Å²) in [5.74, 6) is 0.741. The van der Waals surface area contributed by atoms with E-state index in [4.69, 9.17) is 15.2 Å². The quantitative estimate of drug-likeness (QED) is 0.366. The van der Waals surface area contributed by atoms with Gasteiger partial charge in [-0.05, 0) is 35.8 Å². The van der Waals surface area contributed by atoms with E-state index < -0.39 is 5.72 Å². The number of fused-ring (bicyclic) bond motifs is 1. The van der Waals surface area contributed by atoms with E-state index in [-0.39, 0.29) is 24.0 Å². The lowest BCUT2D eigenvalue weighted by molar-refractivity contribution is -0.0154. The second kappa shape index (κ2) is 9.91. The van der Waals surface area contributed by atoms with Crippen molar-refractivity contribution in [1.29, 1.82) is 0 Å². The lowest BCUT2D eigenvalue weighted by atomic mass is 9.98. The Kier molecular flexibility index (Phi) is 6.80. The number of ketones is 1. The number of tetrazole rings is 1. The number of benzene rings is 2. The number of para-hydroxylation sites is 1. The summed E-state index contributed by atoms with van der Waals surface area (Å²) in [7, 11) is 0. The molecule has 1 aliphatic rings. The summed E-state index contributed by atoms with van der Waals surface area (Å²) in [6.45, 7) is 2.23. The summed E-state index contributed by atoms with van der Waals surface area (Å²) in [5.41, 5.74) is 7.08. The first-order valence-corrected chi connectivity index (χ1v) is 11.2. The van der Waals surface area contributed by atoms with E-state index >= 15 is 0 Å². The smallest absolute Gasteiger partial charge is 0.257 e. The zero-order valence-corrected chi connectivity index (χ0v) is 18.3. The summed E-state index contributed by atoms with van der Waals surface area (Å²) < 4.78 is 11.8. The first kappa shape index (κ1) is 22.0. The Morgan fingerprint density at radius 1 is 1.09 bits per heavy atom. The van der Waals surface area contributed by atoms with E-state index in [0.29, 0.717) is 16.9 Å².